The molecule has 96 valence electrons. The van der Waals surface area contributed by atoms with Crippen LogP contribution in [0.4, 0.5) is 0 Å². The predicted octanol–water partition coefficient (Wildman–Crippen LogP) is 5.12. The van der Waals surface area contributed by atoms with Crippen molar-refractivity contribution in [3.05, 3.63) is 60.3 Å². The van der Waals surface area contributed by atoms with Crippen LogP contribution < -0.4 is 0 Å². The van der Waals surface area contributed by atoms with E-state index in [9.17, 15) is 0 Å². The van der Waals surface area contributed by atoms with E-state index in [2.05, 4.69) is 73.1 Å². The van der Waals surface area contributed by atoms with Crippen LogP contribution in [-0.2, 0) is 6.54 Å². The van der Waals surface area contributed by atoms with Gasteiger partial charge in [0.25, 0.3) is 0 Å². The Hall–Kier alpha value is -1.67. The monoisotopic (exact) mass is 267 g/mol. The maximum absolute atomic E-state index is 2.31. The molecule has 0 saturated heterocycles. The summed E-state index contributed by atoms with van der Waals surface area (Å²) in [4.78, 5) is 2.63. The van der Waals surface area contributed by atoms with Gasteiger partial charge >= 0.3 is 0 Å². The fourth-order valence-electron chi connectivity index (χ4n) is 2.29. The Morgan fingerprint density at radius 3 is 2.47 bits per heavy atom. The van der Waals surface area contributed by atoms with E-state index >= 15 is 0 Å². The highest BCUT2D eigenvalue weighted by atomic mass is 32.2. The topological polar surface area (TPSA) is 4.93 Å². The molecule has 3 aromatic rings. The molecule has 1 heterocycles. The second kappa shape index (κ2) is 5.14. The van der Waals surface area contributed by atoms with Gasteiger partial charge < -0.3 is 4.57 Å². The SMILES string of the molecule is CCn1cc(Sc2ccc(C)cc2)c2ccccc21. The van der Waals surface area contributed by atoms with Gasteiger partial charge in [0.05, 0.1) is 0 Å². The first-order chi connectivity index (χ1) is 9.28. The Morgan fingerprint density at radius 1 is 1.00 bits per heavy atom. The van der Waals surface area contributed by atoms with Crippen LogP contribution in [0, 0.1) is 6.92 Å². The van der Waals surface area contributed by atoms with Crippen LogP contribution in [0.1, 0.15) is 12.5 Å². The van der Waals surface area contributed by atoms with Gasteiger partial charge in [0.15, 0.2) is 0 Å². The van der Waals surface area contributed by atoms with Gasteiger partial charge in [0.2, 0.25) is 0 Å². The lowest BCUT2D eigenvalue weighted by Gasteiger charge is -2.00. The maximum atomic E-state index is 2.31. The van der Waals surface area contributed by atoms with E-state index in [1.165, 1.54) is 26.3 Å². The fourth-order valence-corrected chi connectivity index (χ4v) is 3.28. The van der Waals surface area contributed by atoms with Crippen molar-refractivity contribution in [3.63, 3.8) is 0 Å². The molecule has 2 aromatic carbocycles. The summed E-state index contributed by atoms with van der Waals surface area (Å²) in [6, 6.07) is 17.3. The van der Waals surface area contributed by atoms with Crippen molar-refractivity contribution in [3.8, 4) is 0 Å². The van der Waals surface area contributed by atoms with Crippen LogP contribution >= 0.6 is 11.8 Å². The quantitative estimate of drug-likeness (QED) is 0.637. The summed E-state index contributed by atoms with van der Waals surface area (Å²) < 4.78 is 2.31. The first-order valence-electron chi connectivity index (χ1n) is 6.60. The van der Waals surface area contributed by atoms with Crippen molar-refractivity contribution in [2.45, 2.75) is 30.2 Å². The molecule has 0 fully saturated rings. The lowest BCUT2D eigenvalue weighted by atomic mass is 10.2. The van der Waals surface area contributed by atoms with Gasteiger partial charge in [-0.25, -0.2) is 0 Å². The Labute approximate surface area is 118 Å². The number of aryl methyl sites for hydroxylation is 2. The maximum Gasteiger partial charge on any atom is 0.0492 e. The number of hydrogen-bond donors (Lipinski definition) is 0. The molecular formula is C17H17NS. The molecule has 0 aliphatic heterocycles. The number of benzene rings is 2. The van der Waals surface area contributed by atoms with E-state index in [0.29, 0.717) is 0 Å². The molecule has 0 radical (unpaired) electrons. The lowest BCUT2D eigenvalue weighted by Crippen LogP contribution is -1.89. The van der Waals surface area contributed by atoms with Crippen molar-refractivity contribution < 1.29 is 0 Å². The fraction of sp³-hybridized carbons (Fsp3) is 0.176. The molecule has 1 nitrogen and oxygen atoms in total. The van der Waals surface area contributed by atoms with E-state index in [-0.39, 0.29) is 0 Å². The molecular weight excluding hydrogens is 250 g/mol. The van der Waals surface area contributed by atoms with E-state index in [1.54, 1.807) is 0 Å². The first kappa shape index (κ1) is 12.4. The van der Waals surface area contributed by atoms with Crippen LogP contribution in [0.25, 0.3) is 10.9 Å². The molecule has 0 bridgehead atoms. The van der Waals surface area contributed by atoms with Gasteiger partial charge in [0.1, 0.15) is 0 Å². The van der Waals surface area contributed by atoms with Crippen LogP contribution in [-0.4, -0.2) is 4.57 Å². The van der Waals surface area contributed by atoms with E-state index in [4.69, 9.17) is 0 Å². The minimum absolute atomic E-state index is 1.01. The summed E-state index contributed by atoms with van der Waals surface area (Å²) in [5.41, 5.74) is 2.62. The van der Waals surface area contributed by atoms with Crippen molar-refractivity contribution in [2.75, 3.05) is 0 Å². The smallest absolute Gasteiger partial charge is 0.0492 e. The Kier molecular flexibility index (Phi) is 3.34. The highest BCUT2D eigenvalue weighted by molar-refractivity contribution is 7.99. The molecule has 0 amide bonds. The molecule has 19 heavy (non-hydrogen) atoms. The Bertz CT molecular complexity index is 695. The zero-order chi connectivity index (χ0) is 13.2. The number of para-hydroxylation sites is 1. The molecule has 0 N–H and O–H groups in total. The third-order valence-corrected chi connectivity index (χ3v) is 4.39. The van der Waals surface area contributed by atoms with Crippen LogP contribution in [0.15, 0.2) is 64.5 Å². The molecule has 0 unspecified atom stereocenters. The van der Waals surface area contributed by atoms with Crippen LogP contribution in [0.5, 0.6) is 0 Å². The molecule has 0 atom stereocenters. The molecule has 1 aromatic heterocycles. The average Bonchev–Trinajstić information content (AvgIpc) is 2.80. The summed E-state index contributed by atoms with van der Waals surface area (Å²) in [6.07, 6.45) is 2.26. The number of fused-ring (bicyclic) bond motifs is 1. The number of rotatable bonds is 3. The normalized spacial score (nSPS) is 11.1. The minimum Gasteiger partial charge on any atom is -0.347 e. The van der Waals surface area contributed by atoms with Gasteiger partial charge in [-0.1, -0.05) is 47.7 Å². The average molecular weight is 267 g/mol. The van der Waals surface area contributed by atoms with Gasteiger partial charge in [-0.05, 0) is 32.0 Å². The third kappa shape index (κ3) is 2.41. The van der Waals surface area contributed by atoms with Crippen molar-refractivity contribution in [1.82, 2.24) is 4.57 Å². The molecule has 3 rings (SSSR count). The second-order valence-corrected chi connectivity index (χ2v) is 5.83. The number of hydrogen-bond acceptors (Lipinski definition) is 1. The molecule has 0 aliphatic carbocycles. The van der Waals surface area contributed by atoms with E-state index in [1.807, 2.05) is 11.8 Å². The zero-order valence-corrected chi connectivity index (χ0v) is 12.1. The molecule has 0 saturated carbocycles. The predicted molar refractivity (Wildman–Crippen MR) is 82.9 cm³/mol. The number of nitrogens with zero attached hydrogens (tertiary/aromatic N) is 1. The summed E-state index contributed by atoms with van der Waals surface area (Å²) in [5, 5.41) is 1.34. The highest BCUT2D eigenvalue weighted by Crippen LogP contribution is 2.34. The number of aromatic nitrogens is 1. The summed E-state index contributed by atoms with van der Waals surface area (Å²) in [6.45, 7) is 5.32. The summed E-state index contributed by atoms with van der Waals surface area (Å²) in [7, 11) is 0. The summed E-state index contributed by atoms with van der Waals surface area (Å²) in [5.74, 6) is 0. The minimum atomic E-state index is 1.01. The van der Waals surface area contributed by atoms with E-state index in [0.717, 1.165) is 6.54 Å². The zero-order valence-electron chi connectivity index (χ0n) is 11.3. The lowest BCUT2D eigenvalue weighted by molar-refractivity contribution is 0.792. The van der Waals surface area contributed by atoms with Crippen molar-refractivity contribution in [1.29, 1.82) is 0 Å². The van der Waals surface area contributed by atoms with Gasteiger partial charge in [0, 0.05) is 33.4 Å². The van der Waals surface area contributed by atoms with Gasteiger partial charge in [-0.15, -0.1) is 0 Å². The molecule has 2 heteroatoms. The largest absolute Gasteiger partial charge is 0.347 e. The van der Waals surface area contributed by atoms with Crippen molar-refractivity contribution >= 4 is 22.7 Å². The highest BCUT2D eigenvalue weighted by Gasteiger charge is 2.08. The van der Waals surface area contributed by atoms with E-state index < -0.39 is 0 Å². The summed E-state index contributed by atoms with van der Waals surface area (Å²) >= 11 is 1.84. The second-order valence-electron chi connectivity index (χ2n) is 4.71. The van der Waals surface area contributed by atoms with Crippen LogP contribution in [0.2, 0.25) is 0 Å². The molecule has 0 spiro atoms. The van der Waals surface area contributed by atoms with Gasteiger partial charge in [-0.2, -0.15) is 0 Å². The Balaban J connectivity index is 2.03. The standard InChI is InChI=1S/C17H17NS/c1-3-18-12-17(15-6-4-5-7-16(15)18)19-14-10-8-13(2)9-11-14/h4-12H,3H2,1-2H3. The van der Waals surface area contributed by atoms with Gasteiger partial charge in [-0.3, -0.25) is 0 Å². The van der Waals surface area contributed by atoms with Crippen LogP contribution in [0.3, 0.4) is 0 Å². The van der Waals surface area contributed by atoms with Crippen molar-refractivity contribution in [2.24, 2.45) is 0 Å². The molecule has 0 aliphatic rings. The third-order valence-electron chi connectivity index (χ3n) is 3.34. The first-order valence-corrected chi connectivity index (χ1v) is 7.42. The Morgan fingerprint density at radius 2 is 1.74 bits per heavy atom.